The minimum atomic E-state index is -3.64. The van der Waals surface area contributed by atoms with Gasteiger partial charge in [0, 0.05) is 0 Å². The summed E-state index contributed by atoms with van der Waals surface area (Å²) in [6.07, 6.45) is 8.59. The number of aromatic nitrogens is 2. The van der Waals surface area contributed by atoms with Gasteiger partial charge in [0.2, 0.25) is 0 Å². The molecule has 0 aliphatic heterocycles. The first-order valence-corrected chi connectivity index (χ1v) is 7.84. The van der Waals surface area contributed by atoms with Crippen molar-refractivity contribution >= 4 is 10.1 Å². The summed E-state index contributed by atoms with van der Waals surface area (Å²) >= 11 is 0. The molecular formula is C13H21N2O3S+. The lowest BCUT2D eigenvalue weighted by Crippen LogP contribution is -2.36. The maximum atomic E-state index is 11.7. The molecule has 1 aromatic rings. The van der Waals surface area contributed by atoms with E-state index in [2.05, 4.69) is 20.1 Å². The molecule has 0 unspecified atom stereocenters. The Morgan fingerprint density at radius 1 is 1.42 bits per heavy atom. The Bertz CT molecular complexity index is 532. The van der Waals surface area contributed by atoms with Crippen LogP contribution in [0, 0.1) is 0 Å². The van der Waals surface area contributed by atoms with Crippen molar-refractivity contribution in [2.24, 2.45) is 0 Å². The van der Waals surface area contributed by atoms with Gasteiger partial charge in [0.05, 0.1) is 6.54 Å². The quantitative estimate of drug-likeness (QED) is 0.394. The van der Waals surface area contributed by atoms with Gasteiger partial charge in [0.15, 0.2) is 0 Å². The van der Waals surface area contributed by atoms with Crippen LogP contribution < -0.4 is 8.75 Å². The molecule has 0 N–H and O–H groups in total. The number of aryl methyl sites for hydroxylation is 1. The number of allylic oxidation sites excluding steroid dienone is 1. The monoisotopic (exact) mass is 285 g/mol. The lowest BCUT2D eigenvalue weighted by molar-refractivity contribution is -0.699. The molecule has 0 saturated carbocycles. The van der Waals surface area contributed by atoms with E-state index in [-0.39, 0.29) is 5.75 Å². The molecule has 0 aliphatic rings. The molecule has 5 nitrogen and oxygen atoms in total. The van der Waals surface area contributed by atoms with Crippen molar-refractivity contribution in [3.8, 4) is 6.01 Å². The molecule has 0 amide bonds. The van der Waals surface area contributed by atoms with Crippen LogP contribution in [0.3, 0.4) is 0 Å². The van der Waals surface area contributed by atoms with Crippen molar-refractivity contribution < 1.29 is 17.2 Å². The van der Waals surface area contributed by atoms with E-state index in [9.17, 15) is 8.42 Å². The Labute approximate surface area is 114 Å². The van der Waals surface area contributed by atoms with Crippen LogP contribution in [-0.4, -0.2) is 18.7 Å². The van der Waals surface area contributed by atoms with Crippen LogP contribution in [0.5, 0.6) is 6.01 Å². The zero-order chi connectivity index (χ0) is 14.3. The fraction of sp³-hybridized carbons (Fsp3) is 0.462. The Morgan fingerprint density at radius 2 is 2.16 bits per heavy atom. The summed E-state index contributed by atoms with van der Waals surface area (Å²) in [6.45, 7) is 10.4. The SMILES string of the molecule is C=CCn1cc[n+](CCCC)c1OS(=O)(=O)CC=C. The van der Waals surface area contributed by atoms with Gasteiger partial charge in [-0.2, -0.15) is 17.6 Å². The molecule has 0 saturated heterocycles. The average molecular weight is 285 g/mol. The van der Waals surface area contributed by atoms with E-state index in [1.165, 1.54) is 6.08 Å². The second-order valence-electron chi connectivity index (χ2n) is 4.17. The Hall–Kier alpha value is -1.56. The van der Waals surface area contributed by atoms with Crippen molar-refractivity contribution in [2.75, 3.05) is 5.75 Å². The summed E-state index contributed by atoms with van der Waals surface area (Å²) in [5, 5.41) is 0. The second kappa shape index (κ2) is 7.13. The van der Waals surface area contributed by atoms with Crippen LogP contribution in [0.4, 0.5) is 0 Å². The molecule has 0 aromatic carbocycles. The van der Waals surface area contributed by atoms with Gasteiger partial charge in [-0.3, -0.25) is 0 Å². The fourth-order valence-corrected chi connectivity index (χ4v) is 2.39. The fourth-order valence-electron chi connectivity index (χ4n) is 1.62. The highest BCUT2D eigenvalue weighted by molar-refractivity contribution is 7.87. The molecule has 0 spiro atoms. The molecule has 1 aromatic heterocycles. The topological polar surface area (TPSA) is 52.2 Å². The van der Waals surface area contributed by atoms with Gasteiger partial charge in [0.1, 0.15) is 24.7 Å². The third-order valence-electron chi connectivity index (χ3n) is 2.52. The van der Waals surface area contributed by atoms with E-state index < -0.39 is 10.1 Å². The maximum Gasteiger partial charge on any atom is 0.472 e. The minimum absolute atomic E-state index is 0.208. The van der Waals surface area contributed by atoms with Gasteiger partial charge in [-0.1, -0.05) is 32.1 Å². The van der Waals surface area contributed by atoms with E-state index in [0.717, 1.165) is 19.4 Å². The first kappa shape index (κ1) is 15.5. The van der Waals surface area contributed by atoms with Crippen LogP contribution in [0.25, 0.3) is 0 Å². The largest absolute Gasteiger partial charge is 0.472 e. The van der Waals surface area contributed by atoms with E-state index >= 15 is 0 Å². The van der Waals surface area contributed by atoms with Gasteiger partial charge >= 0.3 is 16.1 Å². The Kier molecular flexibility index (Phi) is 5.82. The van der Waals surface area contributed by atoms with Crippen molar-refractivity contribution in [1.82, 2.24) is 4.57 Å². The van der Waals surface area contributed by atoms with Gasteiger partial charge in [0.25, 0.3) is 0 Å². The normalized spacial score (nSPS) is 11.2. The highest BCUT2D eigenvalue weighted by atomic mass is 32.2. The number of hydrogen-bond donors (Lipinski definition) is 0. The minimum Gasteiger partial charge on any atom is -0.308 e. The van der Waals surface area contributed by atoms with E-state index in [4.69, 9.17) is 4.18 Å². The summed E-state index contributed by atoms with van der Waals surface area (Å²) in [5.41, 5.74) is 0. The molecule has 19 heavy (non-hydrogen) atoms. The smallest absolute Gasteiger partial charge is 0.308 e. The number of rotatable bonds is 9. The molecule has 0 atom stereocenters. The highest BCUT2D eigenvalue weighted by Crippen LogP contribution is 2.10. The third kappa shape index (κ3) is 4.55. The lowest BCUT2D eigenvalue weighted by atomic mass is 10.3. The average Bonchev–Trinajstić information content (AvgIpc) is 2.69. The zero-order valence-corrected chi connectivity index (χ0v) is 12.1. The molecule has 1 heterocycles. The van der Waals surface area contributed by atoms with E-state index in [0.29, 0.717) is 12.6 Å². The second-order valence-corrected chi connectivity index (χ2v) is 5.78. The number of imidazole rings is 1. The summed E-state index contributed by atoms with van der Waals surface area (Å²) in [5.74, 6) is -0.208. The molecule has 1 rings (SSSR count). The van der Waals surface area contributed by atoms with Gasteiger partial charge in [-0.25, -0.2) is 0 Å². The molecular weight excluding hydrogens is 264 g/mol. The van der Waals surface area contributed by atoms with Gasteiger partial charge < -0.3 is 4.18 Å². The molecule has 0 radical (unpaired) electrons. The van der Waals surface area contributed by atoms with Crippen LogP contribution in [0.15, 0.2) is 37.7 Å². The highest BCUT2D eigenvalue weighted by Gasteiger charge is 2.24. The summed E-state index contributed by atoms with van der Waals surface area (Å²) in [6, 6.07) is 0.315. The van der Waals surface area contributed by atoms with Gasteiger partial charge in [-0.15, -0.1) is 6.58 Å². The van der Waals surface area contributed by atoms with Crippen molar-refractivity contribution in [1.29, 1.82) is 0 Å². The van der Waals surface area contributed by atoms with Crippen LogP contribution in [-0.2, 0) is 23.2 Å². The van der Waals surface area contributed by atoms with Crippen molar-refractivity contribution in [3.05, 3.63) is 37.7 Å². The molecule has 0 fully saturated rings. The predicted molar refractivity (Wildman–Crippen MR) is 74.3 cm³/mol. The van der Waals surface area contributed by atoms with Crippen LogP contribution in [0.1, 0.15) is 19.8 Å². The zero-order valence-electron chi connectivity index (χ0n) is 11.3. The first-order valence-electron chi connectivity index (χ1n) is 6.26. The number of nitrogens with zero attached hydrogens (tertiary/aromatic N) is 2. The molecule has 0 bridgehead atoms. The standard InChI is InChI=1S/C13H21N2O3S/c1-4-7-9-15-11-10-14(8-5-2)13(15)18-19(16,17)12-6-3/h5-6,10-11H,2-4,7-9,12H2,1H3/q+1. The summed E-state index contributed by atoms with van der Waals surface area (Å²) < 4.78 is 32.2. The summed E-state index contributed by atoms with van der Waals surface area (Å²) in [7, 11) is -3.64. The summed E-state index contributed by atoms with van der Waals surface area (Å²) in [4.78, 5) is 0. The molecule has 6 heteroatoms. The van der Waals surface area contributed by atoms with Gasteiger partial charge in [-0.05, 0) is 6.42 Å². The number of unbranched alkanes of at least 4 members (excludes halogenated alkanes) is 1. The van der Waals surface area contributed by atoms with Crippen LogP contribution >= 0.6 is 0 Å². The lowest BCUT2D eigenvalue weighted by Gasteiger charge is -2.04. The van der Waals surface area contributed by atoms with E-state index in [1.807, 2.05) is 6.20 Å². The maximum absolute atomic E-state index is 11.7. The number of hydrogen-bond acceptors (Lipinski definition) is 3. The van der Waals surface area contributed by atoms with Crippen molar-refractivity contribution in [2.45, 2.75) is 32.9 Å². The molecule has 0 aliphatic carbocycles. The Balaban J connectivity index is 3.02. The molecule has 106 valence electrons. The van der Waals surface area contributed by atoms with Crippen molar-refractivity contribution in [3.63, 3.8) is 0 Å². The van der Waals surface area contributed by atoms with E-state index in [1.54, 1.807) is 21.4 Å². The third-order valence-corrected chi connectivity index (χ3v) is 3.57. The first-order chi connectivity index (χ1) is 9.04. The Morgan fingerprint density at radius 3 is 2.74 bits per heavy atom. The predicted octanol–water partition coefficient (Wildman–Crippen LogP) is 1.66. The van der Waals surface area contributed by atoms with Crippen LogP contribution in [0.2, 0.25) is 0 Å².